The molecule has 0 radical (unpaired) electrons. The molecule has 1 amide bonds. The smallest absolute Gasteiger partial charge is 0.410 e. The van der Waals surface area contributed by atoms with Crippen molar-refractivity contribution in [2.45, 2.75) is 63.6 Å². The number of imidazole rings is 1. The Kier molecular flexibility index (Phi) is 6.23. The molecule has 3 heterocycles. The summed E-state index contributed by atoms with van der Waals surface area (Å²) >= 11 is 1.51. The summed E-state index contributed by atoms with van der Waals surface area (Å²) < 4.78 is 13.7. The van der Waals surface area contributed by atoms with Crippen LogP contribution in [0.5, 0.6) is 0 Å². The second-order valence-corrected chi connectivity index (χ2v) is 14.7. The first kappa shape index (κ1) is 22.0. The average Bonchev–Trinajstić information content (AvgIpc) is 3.32. The number of hydrogen-bond donors (Lipinski definition) is 1. The largest absolute Gasteiger partial charge is 0.445 e. The van der Waals surface area contributed by atoms with Crippen LogP contribution in [0.25, 0.3) is 4.83 Å². The summed E-state index contributed by atoms with van der Waals surface area (Å²) in [5, 5.41) is 13.2. The lowest BCUT2D eigenvalue weighted by Gasteiger charge is -2.38. The third kappa shape index (κ3) is 4.42. The Bertz CT molecular complexity index is 873. The molecule has 1 aliphatic rings. The molecule has 3 atom stereocenters. The van der Waals surface area contributed by atoms with Crippen molar-refractivity contribution in [3.05, 3.63) is 36.3 Å². The van der Waals surface area contributed by atoms with Gasteiger partial charge in [0, 0.05) is 18.1 Å². The molecule has 1 aliphatic heterocycles. The van der Waals surface area contributed by atoms with E-state index < -0.39 is 26.6 Å². The Hall–Kier alpha value is -1.68. The van der Waals surface area contributed by atoms with Gasteiger partial charge in [0.25, 0.3) is 0 Å². The molecule has 2 aromatic heterocycles. The fraction of sp³-hybridized carbons (Fsp3) is 0.600. The highest BCUT2D eigenvalue weighted by molar-refractivity contribution is 7.15. The van der Waals surface area contributed by atoms with Crippen molar-refractivity contribution in [3.8, 4) is 0 Å². The predicted octanol–water partition coefficient (Wildman–Crippen LogP) is 4.22. The van der Waals surface area contributed by atoms with Gasteiger partial charge in [-0.25, -0.2) is 9.78 Å². The van der Waals surface area contributed by atoms with Gasteiger partial charge in [-0.3, -0.25) is 9.30 Å². The summed E-state index contributed by atoms with van der Waals surface area (Å²) in [5.74, 6) is 0. The van der Waals surface area contributed by atoms with Crippen molar-refractivity contribution in [2.24, 2.45) is 0 Å². The van der Waals surface area contributed by atoms with Crippen molar-refractivity contribution in [2.75, 3.05) is 13.2 Å². The Labute approximate surface area is 177 Å². The topological polar surface area (TPSA) is 76.3 Å². The van der Waals surface area contributed by atoms with Crippen LogP contribution in [-0.4, -0.2) is 59.1 Å². The maximum absolute atomic E-state index is 12.7. The molecule has 0 aromatic carbocycles. The summed E-state index contributed by atoms with van der Waals surface area (Å²) in [7, 11) is -2.02. The molecule has 160 valence electrons. The summed E-state index contributed by atoms with van der Waals surface area (Å²) in [5.41, 5.74) is 0.583. The summed E-state index contributed by atoms with van der Waals surface area (Å²) in [6.07, 6.45) is 4.14. The number of aromatic nitrogens is 2. The van der Waals surface area contributed by atoms with E-state index in [0.29, 0.717) is 18.7 Å². The molecular weight excluding hydrogens is 406 g/mol. The van der Waals surface area contributed by atoms with E-state index in [9.17, 15) is 9.90 Å². The van der Waals surface area contributed by atoms with E-state index in [0.717, 1.165) is 4.83 Å². The van der Waals surface area contributed by atoms with Crippen molar-refractivity contribution in [1.29, 1.82) is 0 Å². The number of aliphatic hydroxyl groups excluding tert-OH is 1. The number of rotatable bonds is 6. The average molecular weight is 438 g/mol. The van der Waals surface area contributed by atoms with Gasteiger partial charge in [-0.15, -0.1) is 11.3 Å². The van der Waals surface area contributed by atoms with Crippen LogP contribution >= 0.6 is 11.3 Å². The highest BCUT2D eigenvalue weighted by atomic mass is 32.1. The number of nitrogens with zero attached hydrogens (tertiary/aromatic N) is 3. The molecule has 3 rings (SSSR count). The van der Waals surface area contributed by atoms with Crippen molar-refractivity contribution in [3.63, 3.8) is 0 Å². The van der Waals surface area contributed by atoms with E-state index >= 15 is 0 Å². The van der Waals surface area contributed by atoms with Crippen LogP contribution < -0.4 is 0 Å². The van der Waals surface area contributed by atoms with E-state index in [1.165, 1.54) is 17.4 Å². The number of carbonyl (C=O) groups excluding carboxylic acids is 1. The Morgan fingerprint density at radius 1 is 1.52 bits per heavy atom. The minimum atomic E-state index is -2.02. The summed E-state index contributed by atoms with van der Waals surface area (Å²) in [6.45, 7) is 15.1. The Morgan fingerprint density at radius 2 is 2.24 bits per heavy atom. The van der Waals surface area contributed by atoms with Gasteiger partial charge in [-0.05, 0) is 24.6 Å². The lowest BCUT2D eigenvalue weighted by Crippen LogP contribution is -2.45. The first-order chi connectivity index (χ1) is 13.5. The van der Waals surface area contributed by atoms with Crippen LogP contribution in [0, 0.1) is 0 Å². The summed E-state index contributed by atoms with van der Waals surface area (Å²) in [6, 6.07) is -0.456. The standard InChI is InChI=1S/C20H31N3O4SSi/c1-7-9-26-19(25)23-12-14(27-29(5,6)20(2,3)4)11-15(23)17(24)16-18-22(13-21-16)8-10-28-18/h7-8,10,13-15,17,24H,1,9,11-12H2,2-6H3/t14-,15+,17?/m1/s1. The van der Waals surface area contributed by atoms with Crippen LogP contribution in [0.15, 0.2) is 30.6 Å². The number of likely N-dealkylation sites (tertiary alicyclic amines) is 1. The van der Waals surface area contributed by atoms with E-state index in [-0.39, 0.29) is 17.7 Å². The number of ether oxygens (including phenoxy) is 1. The predicted molar refractivity (Wildman–Crippen MR) is 117 cm³/mol. The number of aliphatic hydroxyl groups is 1. The van der Waals surface area contributed by atoms with Crippen molar-refractivity contribution in [1.82, 2.24) is 14.3 Å². The molecule has 1 saturated heterocycles. The lowest BCUT2D eigenvalue weighted by molar-refractivity contribution is 0.0540. The van der Waals surface area contributed by atoms with Gasteiger partial charge >= 0.3 is 6.09 Å². The molecule has 29 heavy (non-hydrogen) atoms. The second-order valence-electron chi connectivity index (χ2n) is 9.01. The lowest BCUT2D eigenvalue weighted by atomic mass is 10.1. The van der Waals surface area contributed by atoms with Crippen LogP contribution in [0.3, 0.4) is 0 Å². The zero-order valence-electron chi connectivity index (χ0n) is 17.8. The molecule has 0 saturated carbocycles. The maximum atomic E-state index is 12.7. The number of amides is 1. The van der Waals surface area contributed by atoms with Gasteiger partial charge in [0.2, 0.25) is 0 Å². The van der Waals surface area contributed by atoms with Gasteiger partial charge in [-0.1, -0.05) is 33.4 Å². The molecule has 1 N–H and O–H groups in total. The maximum Gasteiger partial charge on any atom is 0.410 e. The number of carbonyl (C=O) groups is 1. The number of thiazole rings is 1. The fourth-order valence-electron chi connectivity index (χ4n) is 3.36. The first-order valence-corrected chi connectivity index (χ1v) is 13.6. The van der Waals surface area contributed by atoms with E-state index in [4.69, 9.17) is 9.16 Å². The highest BCUT2D eigenvalue weighted by Crippen LogP contribution is 2.40. The van der Waals surface area contributed by atoms with E-state index in [1.54, 1.807) is 11.2 Å². The normalized spacial score (nSPS) is 21.5. The van der Waals surface area contributed by atoms with Crippen LogP contribution in [0.1, 0.15) is 39.0 Å². The molecule has 1 fully saturated rings. The SMILES string of the molecule is C=CCOC(=O)N1C[C@H](O[Si](C)(C)C(C)(C)C)C[C@H]1C(O)c1ncn2ccsc12. The third-order valence-electron chi connectivity index (χ3n) is 5.95. The minimum Gasteiger partial charge on any atom is -0.445 e. The van der Waals surface area contributed by atoms with Gasteiger partial charge in [0.05, 0.1) is 12.1 Å². The number of fused-ring (bicyclic) bond motifs is 1. The molecule has 0 bridgehead atoms. The quantitative estimate of drug-likeness (QED) is 0.541. The van der Waals surface area contributed by atoms with Crippen LogP contribution in [-0.2, 0) is 9.16 Å². The number of hydrogen-bond acceptors (Lipinski definition) is 6. The minimum absolute atomic E-state index is 0.0604. The zero-order valence-corrected chi connectivity index (χ0v) is 19.6. The second kappa shape index (κ2) is 8.21. The molecule has 2 aromatic rings. The van der Waals surface area contributed by atoms with E-state index in [2.05, 4.69) is 45.4 Å². The van der Waals surface area contributed by atoms with Crippen LogP contribution in [0.2, 0.25) is 18.1 Å². The van der Waals surface area contributed by atoms with Crippen molar-refractivity contribution >= 4 is 30.6 Å². The first-order valence-electron chi connectivity index (χ1n) is 9.85. The third-order valence-corrected chi connectivity index (χ3v) is 11.4. The van der Waals surface area contributed by atoms with Gasteiger partial charge < -0.3 is 14.3 Å². The zero-order chi connectivity index (χ0) is 21.4. The van der Waals surface area contributed by atoms with E-state index in [1.807, 2.05) is 16.0 Å². The van der Waals surface area contributed by atoms with Gasteiger partial charge in [0.1, 0.15) is 29.6 Å². The molecule has 7 nitrogen and oxygen atoms in total. The monoisotopic (exact) mass is 437 g/mol. The molecule has 1 unspecified atom stereocenters. The Morgan fingerprint density at radius 3 is 2.90 bits per heavy atom. The van der Waals surface area contributed by atoms with Crippen LogP contribution in [0.4, 0.5) is 4.79 Å². The molecule has 0 spiro atoms. The molecule has 0 aliphatic carbocycles. The fourth-order valence-corrected chi connectivity index (χ4v) is 5.57. The van der Waals surface area contributed by atoms with Crippen molar-refractivity contribution < 1.29 is 19.1 Å². The van der Waals surface area contributed by atoms with Gasteiger partial charge in [0.15, 0.2) is 8.32 Å². The molecule has 9 heteroatoms. The Balaban J connectivity index is 1.84. The molecular formula is C20H31N3O4SSi. The summed E-state index contributed by atoms with van der Waals surface area (Å²) in [4.78, 5) is 19.5. The van der Waals surface area contributed by atoms with Gasteiger partial charge in [-0.2, -0.15) is 0 Å². The highest BCUT2D eigenvalue weighted by Gasteiger charge is 2.46.